The maximum atomic E-state index is 13.1. The Morgan fingerprint density at radius 2 is 1.64 bits per heavy atom. The van der Waals surface area contributed by atoms with E-state index in [9.17, 15) is 31.1 Å². The summed E-state index contributed by atoms with van der Waals surface area (Å²) in [6.45, 7) is 1.31. The Morgan fingerprint density at radius 1 is 1.04 bits per heavy atom. The van der Waals surface area contributed by atoms with Crippen molar-refractivity contribution in [3.63, 3.8) is 0 Å². The van der Waals surface area contributed by atoms with E-state index >= 15 is 0 Å². The molecule has 0 aliphatic rings. The van der Waals surface area contributed by atoms with Gasteiger partial charge in [-0.2, -0.15) is 26.3 Å². The third-order valence-electron chi connectivity index (χ3n) is 3.38. The molecule has 2 aromatic carbocycles. The highest BCUT2D eigenvalue weighted by atomic mass is 35.5. The summed E-state index contributed by atoms with van der Waals surface area (Å²) in [6, 6.07) is 7.18. The number of amides is 2. The van der Waals surface area contributed by atoms with Crippen LogP contribution in [-0.2, 0) is 5.38 Å². The number of carbonyl (C=O) groups is 1. The minimum atomic E-state index is -4.66. The quantitative estimate of drug-likeness (QED) is 0.429. The molecule has 0 aliphatic carbocycles. The van der Waals surface area contributed by atoms with Crippen LogP contribution in [0.1, 0.15) is 11.1 Å². The summed E-state index contributed by atoms with van der Waals surface area (Å²) < 4.78 is 80.5. The van der Waals surface area contributed by atoms with Crippen LogP contribution in [0, 0.1) is 6.92 Å². The van der Waals surface area contributed by atoms with Gasteiger partial charge < -0.3 is 15.4 Å². The third kappa shape index (κ3) is 5.69. The number of ether oxygens (including phenoxy) is 1. The van der Waals surface area contributed by atoms with Crippen molar-refractivity contribution in [3.05, 3.63) is 53.6 Å². The number of halogens is 7. The molecule has 2 aromatic rings. The van der Waals surface area contributed by atoms with Crippen LogP contribution < -0.4 is 15.4 Å². The van der Waals surface area contributed by atoms with E-state index in [-0.39, 0.29) is 16.9 Å². The number of anilines is 2. The molecule has 0 unspecified atom stereocenters. The topological polar surface area (TPSA) is 50.4 Å². The van der Waals surface area contributed by atoms with Gasteiger partial charge in [0.15, 0.2) is 0 Å². The highest BCUT2D eigenvalue weighted by Crippen LogP contribution is 2.34. The summed E-state index contributed by atoms with van der Waals surface area (Å²) in [5, 5.41) is 1.03. The highest BCUT2D eigenvalue weighted by Gasteiger charge is 2.44. The Kier molecular flexibility index (Phi) is 6.33. The molecule has 0 aliphatic heterocycles. The molecule has 0 heterocycles. The Morgan fingerprint density at radius 3 is 2.18 bits per heavy atom. The summed E-state index contributed by atoms with van der Waals surface area (Å²) in [5.41, 5.74) is -0.309. The van der Waals surface area contributed by atoms with Crippen molar-refractivity contribution in [1.82, 2.24) is 0 Å². The molecular weight excluding hydrogens is 414 g/mol. The average molecular weight is 427 g/mol. The number of hydrogen-bond acceptors (Lipinski definition) is 2. The van der Waals surface area contributed by atoms with Gasteiger partial charge in [-0.1, -0.05) is 12.1 Å². The molecule has 0 aromatic heterocycles. The van der Waals surface area contributed by atoms with Crippen LogP contribution in [0.15, 0.2) is 42.5 Å². The first-order chi connectivity index (χ1) is 12.9. The van der Waals surface area contributed by atoms with Gasteiger partial charge in [-0.15, -0.1) is 0 Å². The van der Waals surface area contributed by atoms with Crippen molar-refractivity contribution >= 4 is 29.0 Å². The zero-order valence-electron chi connectivity index (χ0n) is 14.1. The van der Waals surface area contributed by atoms with Gasteiger partial charge in [0.05, 0.1) is 0 Å². The molecule has 152 valence electrons. The van der Waals surface area contributed by atoms with Gasteiger partial charge in [-0.25, -0.2) is 4.79 Å². The Labute approximate surface area is 160 Å². The van der Waals surface area contributed by atoms with Crippen molar-refractivity contribution < 1.29 is 35.9 Å². The number of alkyl halides is 7. The first-order valence-corrected chi connectivity index (χ1v) is 7.97. The van der Waals surface area contributed by atoms with E-state index in [1.807, 2.05) is 0 Å². The highest BCUT2D eigenvalue weighted by molar-refractivity contribution is 6.21. The number of nitrogens with one attached hydrogen (secondary N) is 2. The molecule has 0 bridgehead atoms. The molecule has 2 rings (SSSR count). The molecule has 0 atom stereocenters. The van der Waals surface area contributed by atoms with Crippen molar-refractivity contribution in [3.8, 4) is 5.75 Å². The summed E-state index contributed by atoms with van der Waals surface area (Å²) in [6.07, 6.45) is -8.67. The van der Waals surface area contributed by atoms with Crippen molar-refractivity contribution in [1.29, 1.82) is 0 Å². The number of carbonyl (C=O) groups excluding carboxylic acids is 1. The fourth-order valence-electron chi connectivity index (χ4n) is 2.10. The zero-order chi connectivity index (χ0) is 21.1. The molecule has 11 heteroatoms. The van der Waals surface area contributed by atoms with Gasteiger partial charge in [0.1, 0.15) is 5.75 Å². The van der Waals surface area contributed by atoms with Crippen LogP contribution >= 0.6 is 11.6 Å². The lowest BCUT2D eigenvalue weighted by Crippen LogP contribution is -2.33. The molecule has 0 saturated heterocycles. The Bertz CT molecular complexity index is 858. The molecule has 0 saturated carbocycles. The van der Waals surface area contributed by atoms with Crippen LogP contribution in [0.2, 0.25) is 0 Å². The second kappa shape index (κ2) is 8.17. The maximum absolute atomic E-state index is 13.1. The van der Waals surface area contributed by atoms with Crippen molar-refractivity contribution in [2.75, 3.05) is 10.6 Å². The lowest BCUT2D eigenvalue weighted by molar-refractivity contribution is -0.253. The lowest BCUT2D eigenvalue weighted by atomic mass is 10.2. The van der Waals surface area contributed by atoms with Crippen molar-refractivity contribution in [2.24, 2.45) is 0 Å². The van der Waals surface area contributed by atoms with Crippen LogP contribution in [0.5, 0.6) is 5.75 Å². The van der Waals surface area contributed by atoms with Gasteiger partial charge >= 0.3 is 23.9 Å². The number of rotatable bonds is 6. The molecule has 2 amide bonds. The lowest BCUT2D eigenvalue weighted by Gasteiger charge is -2.18. The van der Waals surface area contributed by atoms with Gasteiger partial charge in [0, 0.05) is 16.9 Å². The predicted octanol–water partition coefficient (Wildman–Crippen LogP) is 6.16. The normalized spacial score (nSPS) is 12.0. The van der Waals surface area contributed by atoms with Gasteiger partial charge in [0.25, 0.3) is 0 Å². The van der Waals surface area contributed by atoms with Crippen LogP contribution in [0.3, 0.4) is 0 Å². The van der Waals surface area contributed by atoms with Gasteiger partial charge in [-0.3, -0.25) is 0 Å². The Hall–Kier alpha value is -2.62. The largest absolute Gasteiger partial charge is 0.461 e. The van der Waals surface area contributed by atoms with E-state index in [4.69, 9.17) is 11.6 Å². The predicted molar refractivity (Wildman–Crippen MR) is 91.6 cm³/mol. The maximum Gasteiger partial charge on any atom is 0.461 e. The van der Waals surface area contributed by atoms with E-state index in [0.717, 1.165) is 24.3 Å². The molecule has 0 radical (unpaired) electrons. The first kappa shape index (κ1) is 21.7. The minimum absolute atomic E-state index is 0.0311. The van der Waals surface area contributed by atoms with Crippen LogP contribution in [0.25, 0.3) is 0 Å². The standard InChI is InChI=1S/C17H13ClF6N2O2/c1-9-7-12(5-6-13(9)28-17(23,24)14(19)20)26-15(27)25-11-4-2-3-10(8-11)16(18,21)22/h2-8,14H,1H3,(H2,25,26,27). The first-order valence-electron chi connectivity index (χ1n) is 7.59. The van der Waals surface area contributed by atoms with E-state index in [0.29, 0.717) is 0 Å². The summed E-state index contributed by atoms with van der Waals surface area (Å²) in [5.74, 6) is -0.492. The second-order valence-electron chi connectivity index (χ2n) is 5.60. The molecule has 0 spiro atoms. The number of hydrogen-bond donors (Lipinski definition) is 2. The van der Waals surface area contributed by atoms with E-state index in [1.54, 1.807) is 0 Å². The fraction of sp³-hybridized carbons (Fsp3) is 0.235. The Balaban J connectivity index is 2.06. The SMILES string of the molecule is Cc1cc(NC(=O)Nc2cccc(C(F)(F)Cl)c2)ccc1OC(F)(F)C(F)F. The summed E-state index contributed by atoms with van der Waals surface area (Å²) >= 11 is 4.92. The summed E-state index contributed by atoms with van der Waals surface area (Å²) in [7, 11) is 0. The number of aryl methyl sites for hydroxylation is 1. The van der Waals surface area contributed by atoms with Crippen LogP contribution in [0.4, 0.5) is 42.5 Å². The number of urea groups is 1. The van der Waals surface area contributed by atoms with Crippen molar-refractivity contribution in [2.45, 2.75) is 24.8 Å². The monoisotopic (exact) mass is 426 g/mol. The average Bonchev–Trinajstić information content (AvgIpc) is 2.56. The second-order valence-corrected chi connectivity index (χ2v) is 6.08. The van der Waals surface area contributed by atoms with Crippen LogP contribution in [-0.4, -0.2) is 18.6 Å². The smallest absolute Gasteiger partial charge is 0.428 e. The van der Waals surface area contributed by atoms with E-state index in [2.05, 4.69) is 15.4 Å². The van der Waals surface area contributed by atoms with E-state index in [1.165, 1.54) is 25.1 Å². The third-order valence-corrected chi connectivity index (χ3v) is 3.60. The fourth-order valence-corrected chi connectivity index (χ4v) is 2.22. The molecule has 0 fully saturated rings. The van der Waals surface area contributed by atoms with Gasteiger partial charge in [-0.05, 0) is 54.4 Å². The number of benzene rings is 2. The van der Waals surface area contributed by atoms with Gasteiger partial charge in [0.2, 0.25) is 0 Å². The summed E-state index contributed by atoms with van der Waals surface area (Å²) in [4.78, 5) is 12.0. The molecular formula is C17H13ClF6N2O2. The zero-order valence-corrected chi connectivity index (χ0v) is 14.8. The minimum Gasteiger partial charge on any atom is -0.428 e. The molecule has 4 nitrogen and oxygen atoms in total. The molecule has 28 heavy (non-hydrogen) atoms. The molecule has 2 N–H and O–H groups in total. The van der Waals surface area contributed by atoms with E-state index < -0.39 is 35.3 Å².